The first-order chi connectivity index (χ1) is 12.2. The molecule has 2 aromatic heterocycles. The summed E-state index contributed by atoms with van der Waals surface area (Å²) in [6, 6.07) is 6.03. The Morgan fingerprint density at radius 3 is 2.96 bits per heavy atom. The SMILES string of the molecule is O=C(COc1ncnc2sc3c(c12)CCCC3)Nc1ccccc1F. The monoisotopic (exact) mass is 357 g/mol. The maximum atomic E-state index is 13.6. The number of hydrogen-bond donors (Lipinski definition) is 1. The van der Waals surface area contributed by atoms with E-state index in [1.165, 1.54) is 35.3 Å². The lowest BCUT2D eigenvalue weighted by Crippen LogP contribution is -2.21. The number of rotatable bonds is 4. The summed E-state index contributed by atoms with van der Waals surface area (Å²) in [5, 5.41) is 3.42. The van der Waals surface area contributed by atoms with Crippen LogP contribution in [0.4, 0.5) is 10.1 Å². The fourth-order valence-corrected chi connectivity index (χ4v) is 4.27. The van der Waals surface area contributed by atoms with Crippen molar-refractivity contribution in [2.24, 2.45) is 0 Å². The van der Waals surface area contributed by atoms with Gasteiger partial charge in [-0.2, -0.15) is 0 Å². The number of carbonyl (C=O) groups excluding carboxylic acids is 1. The summed E-state index contributed by atoms with van der Waals surface area (Å²) in [6.45, 7) is -0.231. The van der Waals surface area contributed by atoms with Crippen molar-refractivity contribution in [1.82, 2.24) is 9.97 Å². The number of amides is 1. The van der Waals surface area contributed by atoms with Crippen LogP contribution in [0.25, 0.3) is 10.2 Å². The molecule has 0 unspecified atom stereocenters. The molecule has 128 valence electrons. The predicted molar refractivity (Wildman–Crippen MR) is 94.6 cm³/mol. The van der Waals surface area contributed by atoms with E-state index in [9.17, 15) is 9.18 Å². The topological polar surface area (TPSA) is 64.1 Å². The van der Waals surface area contributed by atoms with E-state index in [2.05, 4.69) is 15.3 Å². The molecule has 7 heteroatoms. The average Bonchev–Trinajstić information content (AvgIpc) is 3.01. The van der Waals surface area contributed by atoms with Gasteiger partial charge in [0.25, 0.3) is 5.91 Å². The molecule has 0 aliphatic heterocycles. The van der Waals surface area contributed by atoms with Crippen LogP contribution < -0.4 is 10.1 Å². The van der Waals surface area contributed by atoms with Gasteiger partial charge in [-0.15, -0.1) is 11.3 Å². The quantitative estimate of drug-likeness (QED) is 0.773. The molecule has 1 aliphatic carbocycles. The minimum absolute atomic E-state index is 0.136. The van der Waals surface area contributed by atoms with E-state index in [1.54, 1.807) is 23.5 Å². The highest BCUT2D eigenvalue weighted by molar-refractivity contribution is 7.18. The number of ether oxygens (including phenoxy) is 1. The summed E-state index contributed by atoms with van der Waals surface area (Å²) in [7, 11) is 0. The molecule has 3 aromatic rings. The minimum Gasteiger partial charge on any atom is -0.467 e. The molecule has 0 saturated heterocycles. The molecular formula is C18H16FN3O2S. The summed E-state index contributed by atoms with van der Waals surface area (Å²) in [6.07, 6.45) is 5.83. The van der Waals surface area contributed by atoms with Gasteiger partial charge >= 0.3 is 0 Å². The molecule has 0 radical (unpaired) electrons. The van der Waals surface area contributed by atoms with Crippen LogP contribution in [0.5, 0.6) is 5.88 Å². The smallest absolute Gasteiger partial charge is 0.262 e. The minimum atomic E-state index is -0.479. The maximum absolute atomic E-state index is 13.6. The second-order valence-corrected chi connectivity index (χ2v) is 6.97. The first kappa shape index (κ1) is 16.0. The van der Waals surface area contributed by atoms with Crippen LogP contribution in [0.2, 0.25) is 0 Å². The van der Waals surface area contributed by atoms with Crippen molar-refractivity contribution in [2.75, 3.05) is 11.9 Å². The first-order valence-electron chi connectivity index (χ1n) is 8.15. The highest BCUT2D eigenvalue weighted by Gasteiger charge is 2.21. The zero-order valence-corrected chi connectivity index (χ0v) is 14.2. The van der Waals surface area contributed by atoms with E-state index >= 15 is 0 Å². The van der Waals surface area contributed by atoms with Crippen molar-refractivity contribution in [3.05, 3.63) is 46.9 Å². The van der Waals surface area contributed by atoms with Gasteiger partial charge in [-0.1, -0.05) is 12.1 Å². The molecule has 0 fully saturated rings. The normalized spacial score (nSPS) is 13.5. The zero-order valence-electron chi connectivity index (χ0n) is 13.4. The van der Waals surface area contributed by atoms with Crippen LogP contribution >= 0.6 is 11.3 Å². The molecule has 25 heavy (non-hydrogen) atoms. The molecule has 0 bridgehead atoms. The van der Waals surface area contributed by atoms with E-state index < -0.39 is 11.7 Å². The third-order valence-corrected chi connectivity index (χ3v) is 5.40. The van der Waals surface area contributed by atoms with Gasteiger partial charge in [0.2, 0.25) is 5.88 Å². The van der Waals surface area contributed by atoms with Crippen molar-refractivity contribution in [2.45, 2.75) is 25.7 Å². The van der Waals surface area contributed by atoms with Gasteiger partial charge in [0.05, 0.1) is 11.1 Å². The van der Waals surface area contributed by atoms with Gasteiger partial charge in [-0.05, 0) is 43.4 Å². The Hall–Kier alpha value is -2.54. The number of nitrogens with one attached hydrogen (secondary N) is 1. The number of thiophene rings is 1. The number of fused-ring (bicyclic) bond motifs is 3. The first-order valence-corrected chi connectivity index (χ1v) is 8.96. The molecule has 0 atom stereocenters. The standard InChI is InChI=1S/C18H16FN3O2S/c19-12-6-2-3-7-13(12)22-15(23)9-24-17-16-11-5-1-4-8-14(11)25-18(16)21-10-20-17/h2-3,6-7,10H,1,4-5,8-9H2,(H,22,23). The Morgan fingerprint density at radius 2 is 2.08 bits per heavy atom. The van der Waals surface area contributed by atoms with Crippen LogP contribution in [0, 0.1) is 5.82 Å². The fourth-order valence-electron chi connectivity index (χ4n) is 3.05. The van der Waals surface area contributed by atoms with Crippen LogP contribution in [-0.2, 0) is 17.6 Å². The van der Waals surface area contributed by atoms with Crippen molar-refractivity contribution in [1.29, 1.82) is 0 Å². The number of carbonyl (C=O) groups is 1. The van der Waals surface area contributed by atoms with Gasteiger partial charge in [0.15, 0.2) is 6.61 Å². The van der Waals surface area contributed by atoms with Crippen molar-refractivity contribution < 1.29 is 13.9 Å². The van der Waals surface area contributed by atoms with Gasteiger partial charge in [-0.25, -0.2) is 14.4 Å². The molecule has 4 rings (SSSR count). The second-order valence-electron chi connectivity index (χ2n) is 5.89. The largest absolute Gasteiger partial charge is 0.467 e. The number of aryl methyl sites for hydroxylation is 2. The van der Waals surface area contributed by atoms with E-state index in [-0.39, 0.29) is 12.3 Å². The van der Waals surface area contributed by atoms with E-state index in [0.717, 1.165) is 29.5 Å². The molecule has 5 nitrogen and oxygen atoms in total. The molecule has 2 heterocycles. The molecule has 1 amide bonds. The van der Waals surface area contributed by atoms with Crippen molar-refractivity contribution in [3.8, 4) is 5.88 Å². The summed E-state index contributed by atoms with van der Waals surface area (Å²) < 4.78 is 19.2. The Labute approximate surface area is 147 Å². The number of aromatic nitrogens is 2. The molecule has 0 saturated carbocycles. The van der Waals surface area contributed by atoms with E-state index in [4.69, 9.17) is 4.74 Å². The lowest BCUT2D eigenvalue weighted by molar-refractivity contribution is -0.118. The molecule has 1 aromatic carbocycles. The number of para-hydroxylation sites is 1. The molecule has 1 N–H and O–H groups in total. The van der Waals surface area contributed by atoms with Gasteiger partial charge in [0.1, 0.15) is 17.0 Å². The molecule has 1 aliphatic rings. The van der Waals surface area contributed by atoms with Crippen LogP contribution in [0.15, 0.2) is 30.6 Å². The van der Waals surface area contributed by atoms with E-state index in [0.29, 0.717) is 5.88 Å². The predicted octanol–water partition coefficient (Wildman–Crippen LogP) is 3.73. The summed E-state index contributed by atoms with van der Waals surface area (Å²) in [5.41, 5.74) is 1.38. The highest BCUT2D eigenvalue weighted by Crippen LogP contribution is 2.38. The van der Waals surface area contributed by atoms with Gasteiger partial charge in [0, 0.05) is 4.88 Å². The number of benzene rings is 1. The van der Waals surface area contributed by atoms with Crippen LogP contribution in [-0.4, -0.2) is 22.5 Å². The van der Waals surface area contributed by atoms with Crippen molar-refractivity contribution in [3.63, 3.8) is 0 Å². The summed E-state index contributed by atoms with van der Waals surface area (Å²) in [5.74, 6) is -0.485. The van der Waals surface area contributed by atoms with Crippen LogP contribution in [0.1, 0.15) is 23.3 Å². The van der Waals surface area contributed by atoms with Gasteiger partial charge in [-0.3, -0.25) is 4.79 Å². The number of hydrogen-bond acceptors (Lipinski definition) is 5. The lowest BCUT2D eigenvalue weighted by atomic mass is 9.97. The Balaban J connectivity index is 1.52. The number of anilines is 1. The average molecular weight is 357 g/mol. The number of halogens is 1. The van der Waals surface area contributed by atoms with Crippen molar-refractivity contribution >= 4 is 33.1 Å². The molecule has 0 spiro atoms. The highest BCUT2D eigenvalue weighted by atomic mass is 32.1. The third kappa shape index (κ3) is 3.19. The fraction of sp³-hybridized carbons (Fsp3) is 0.278. The Bertz CT molecular complexity index is 941. The Kier molecular flexibility index (Phi) is 4.31. The number of nitrogens with zero attached hydrogens (tertiary/aromatic N) is 2. The third-order valence-electron chi connectivity index (χ3n) is 4.20. The van der Waals surface area contributed by atoms with Gasteiger partial charge < -0.3 is 10.1 Å². The zero-order chi connectivity index (χ0) is 17.2. The van der Waals surface area contributed by atoms with Crippen LogP contribution in [0.3, 0.4) is 0 Å². The summed E-state index contributed by atoms with van der Waals surface area (Å²) in [4.78, 5) is 22.8. The second kappa shape index (κ2) is 6.76. The maximum Gasteiger partial charge on any atom is 0.262 e. The summed E-state index contributed by atoms with van der Waals surface area (Å²) >= 11 is 1.67. The lowest BCUT2D eigenvalue weighted by Gasteiger charge is -2.12. The Morgan fingerprint density at radius 1 is 1.24 bits per heavy atom. The molecular weight excluding hydrogens is 341 g/mol. The van der Waals surface area contributed by atoms with E-state index in [1.807, 2.05) is 0 Å².